The van der Waals surface area contributed by atoms with Crippen molar-refractivity contribution in [1.82, 2.24) is 0 Å². The van der Waals surface area contributed by atoms with Gasteiger partial charge in [0.2, 0.25) is 0 Å². The van der Waals surface area contributed by atoms with E-state index in [-0.39, 0.29) is 11.7 Å². The maximum absolute atomic E-state index is 11.9. The van der Waals surface area contributed by atoms with Crippen LogP contribution in [0.15, 0.2) is 36.9 Å². The lowest BCUT2D eigenvalue weighted by Gasteiger charge is -2.08. The third kappa shape index (κ3) is 3.23. The highest BCUT2D eigenvalue weighted by atomic mass is 16.5. The highest BCUT2D eigenvalue weighted by molar-refractivity contribution is 5.96. The van der Waals surface area contributed by atoms with Crippen molar-refractivity contribution in [1.29, 1.82) is 0 Å². The number of carbonyl (C=O) groups excluding carboxylic acids is 1. The first-order valence-corrected chi connectivity index (χ1v) is 5.51. The Morgan fingerprint density at radius 3 is 2.50 bits per heavy atom. The van der Waals surface area contributed by atoms with Crippen LogP contribution in [0.4, 0.5) is 0 Å². The van der Waals surface area contributed by atoms with Crippen LogP contribution in [0.3, 0.4) is 0 Å². The molecule has 2 nitrogen and oxygen atoms in total. The summed E-state index contributed by atoms with van der Waals surface area (Å²) in [4.78, 5) is 11.9. The first kappa shape index (κ1) is 12.5. The summed E-state index contributed by atoms with van der Waals surface area (Å²) in [5.41, 5.74) is 0.737. The summed E-state index contributed by atoms with van der Waals surface area (Å²) in [6, 6.07) is 7.22. The van der Waals surface area contributed by atoms with Crippen LogP contribution in [0.1, 0.15) is 30.1 Å². The molecule has 0 spiro atoms. The van der Waals surface area contributed by atoms with Crippen LogP contribution in [0.5, 0.6) is 5.75 Å². The molecule has 0 aliphatic rings. The third-order valence-corrected chi connectivity index (χ3v) is 2.72. The lowest BCUT2D eigenvalue weighted by atomic mass is 9.96. The Labute approximate surface area is 96.9 Å². The van der Waals surface area contributed by atoms with E-state index in [0.29, 0.717) is 6.42 Å². The molecule has 0 amide bonds. The highest BCUT2D eigenvalue weighted by Gasteiger charge is 2.10. The van der Waals surface area contributed by atoms with Crippen molar-refractivity contribution in [3.63, 3.8) is 0 Å². The molecule has 0 aliphatic heterocycles. The molecule has 0 saturated heterocycles. The van der Waals surface area contributed by atoms with Crippen LogP contribution in [0.25, 0.3) is 0 Å². The fourth-order valence-electron chi connectivity index (χ4n) is 1.53. The zero-order valence-electron chi connectivity index (χ0n) is 9.90. The first-order valence-electron chi connectivity index (χ1n) is 5.51. The molecular formula is C14H18O2. The summed E-state index contributed by atoms with van der Waals surface area (Å²) in [5, 5.41) is 0. The van der Waals surface area contributed by atoms with Gasteiger partial charge >= 0.3 is 0 Å². The third-order valence-electron chi connectivity index (χ3n) is 2.72. The quantitative estimate of drug-likeness (QED) is 0.539. The van der Waals surface area contributed by atoms with Gasteiger partial charge in [0, 0.05) is 12.0 Å². The number of ether oxygens (including phenoxy) is 1. The normalized spacial score (nSPS) is 11.9. The minimum Gasteiger partial charge on any atom is -0.497 e. The monoisotopic (exact) mass is 218 g/mol. The summed E-state index contributed by atoms with van der Waals surface area (Å²) < 4.78 is 5.04. The Balaban J connectivity index is 2.69. The molecule has 0 aromatic heterocycles. The minimum absolute atomic E-state index is 0.161. The Bertz CT molecular complexity index is 352. The number of Topliss-reactive ketones (excluding diaryl/α,β-unsaturated/α-hetero) is 1. The van der Waals surface area contributed by atoms with E-state index in [0.717, 1.165) is 17.7 Å². The van der Waals surface area contributed by atoms with Gasteiger partial charge in [0.1, 0.15) is 5.75 Å². The van der Waals surface area contributed by atoms with Gasteiger partial charge in [0.15, 0.2) is 5.78 Å². The molecular weight excluding hydrogens is 200 g/mol. The molecule has 1 atom stereocenters. The molecule has 0 N–H and O–H groups in total. The van der Waals surface area contributed by atoms with E-state index in [4.69, 9.17) is 4.74 Å². The number of methoxy groups -OCH3 is 1. The van der Waals surface area contributed by atoms with Crippen LogP contribution in [0.2, 0.25) is 0 Å². The van der Waals surface area contributed by atoms with Crippen LogP contribution >= 0.6 is 0 Å². The van der Waals surface area contributed by atoms with E-state index in [1.165, 1.54) is 0 Å². The zero-order valence-corrected chi connectivity index (χ0v) is 9.90. The Hall–Kier alpha value is -1.57. The maximum Gasteiger partial charge on any atom is 0.163 e. The van der Waals surface area contributed by atoms with Gasteiger partial charge in [-0.05, 0) is 36.6 Å². The van der Waals surface area contributed by atoms with Crippen molar-refractivity contribution in [2.45, 2.75) is 19.8 Å². The highest BCUT2D eigenvalue weighted by Crippen LogP contribution is 2.16. The van der Waals surface area contributed by atoms with Gasteiger partial charge in [0.25, 0.3) is 0 Å². The molecule has 0 radical (unpaired) electrons. The van der Waals surface area contributed by atoms with Crippen molar-refractivity contribution < 1.29 is 9.53 Å². The topological polar surface area (TPSA) is 26.3 Å². The molecule has 0 bridgehead atoms. The van der Waals surface area contributed by atoms with Crippen molar-refractivity contribution in [2.75, 3.05) is 7.11 Å². The van der Waals surface area contributed by atoms with E-state index in [1.54, 1.807) is 19.2 Å². The SMILES string of the molecule is C=C[C@@H](CC)CC(=O)c1ccc(OC)cc1. The predicted octanol–water partition coefficient (Wildman–Crippen LogP) is 3.48. The van der Waals surface area contributed by atoms with Crippen LogP contribution in [0, 0.1) is 5.92 Å². The number of carbonyl (C=O) groups is 1. The van der Waals surface area contributed by atoms with Crippen LogP contribution < -0.4 is 4.74 Å². The standard InChI is InChI=1S/C14H18O2/c1-4-11(5-2)10-14(15)12-6-8-13(16-3)9-7-12/h4,6-9,11H,1,5,10H2,2-3H3/t11-/m0/s1. The number of rotatable bonds is 6. The number of allylic oxidation sites excluding steroid dienone is 1. The molecule has 1 aromatic rings. The van der Waals surface area contributed by atoms with Gasteiger partial charge in [-0.3, -0.25) is 4.79 Å². The van der Waals surface area contributed by atoms with Crippen molar-refractivity contribution >= 4 is 5.78 Å². The lowest BCUT2D eigenvalue weighted by Crippen LogP contribution is -2.06. The van der Waals surface area contributed by atoms with Gasteiger partial charge in [-0.25, -0.2) is 0 Å². The van der Waals surface area contributed by atoms with Crippen molar-refractivity contribution in [3.8, 4) is 5.75 Å². The summed E-state index contributed by atoms with van der Waals surface area (Å²) >= 11 is 0. The van der Waals surface area contributed by atoms with Crippen molar-refractivity contribution in [2.24, 2.45) is 5.92 Å². The fraction of sp³-hybridized carbons (Fsp3) is 0.357. The van der Waals surface area contributed by atoms with Gasteiger partial charge in [0.05, 0.1) is 7.11 Å². The molecule has 2 heteroatoms. The largest absolute Gasteiger partial charge is 0.497 e. The van der Waals surface area contributed by atoms with Gasteiger partial charge in [-0.15, -0.1) is 6.58 Å². The number of benzene rings is 1. The van der Waals surface area contributed by atoms with Gasteiger partial charge in [-0.1, -0.05) is 13.0 Å². The molecule has 1 rings (SSSR count). The Morgan fingerprint density at radius 1 is 1.44 bits per heavy atom. The molecule has 0 aliphatic carbocycles. The van der Waals surface area contributed by atoms with Crippen molar-refractivity contribution in [3.05, 3.63) is 42.5 Å². The number of hydrogen-bond donors (Lipinski definition) is 0. The summed E-state index contributed by atoms with van der Waals surface area (Å²) in [5.74, 6) is 1.20. The Morgan fingerprint density at radius 2 is 2.06 bits per heavy atom. The first-order chi connectivity index (χ1) is 7.71. The molecule has 0 saturated carbocycles. The second kappa shape index (κ2) is 6.11. The number of ketones is 1. The molecule has 0 fully saturated rings. The van der Waals surface area contributed by atoms with Crippen LogP contribution in [-0.4, -0.2) is 12.9 Å². The average molecular weight is 218 g/mol. The second-order valence-electron chi connectivity index (χ2n) is 3.76. The summed E-state index contributed by atoms with van der Waals surface area (Å²) in [6.07, 6.45) is 3.33. The van der Waals surface area contributed by atoms with Gasteiger partial charge < -0.3 is 4.74 Å². The van der Waals surface area contributed by atoms with E-state index in [1.807, 2.05) is 18.2 Å². The van der Waals surface area contributed by atoms with Gasteiger partial charge in [-0.2, -0.15) is 0 Å². The van der Waals surface area contributed by atoms with E-state index in [9.17, 15) is 4.79 Å². The summed E-state index contributed by atoms with van der Waals surface area (Å²) in [7, 11) is 1.61. The number of hydrogen-bond acceptors (Lipinski definition) is 2. The summed E-state index contributed by atoms with van der Waals surface area (Å²) in [6.45, 7) is 5.80. The minimum atomic E-state index is 0.161. The molecule has 86 valence electrons. The lowest BCUT2D eigenvalue weighted by molar-refractivity contribution is 0.0968. The maximum atomic E-state index is 11.9. The van der Waals surface area contributed by atoms with E-state index in [2.05, 4.69) is 13.5 Å². The second-order valence-corrected chi connectivity index (χ2v) is 3.76. The van der Waals surface area contributed by atoms with Crippen LogP contribution in [-0.2, 0) is 0 Å². The predicted molar refractivity (Wildman–Crippen MR) is 65.9 cm³/mol. The van der Waals surface area contributed by atoms with E-state index < -0.39 is 0 Å². The fourth-order valence-corrected chi connectivity index (χ4v) is 1.53. The molecule has 16 heavy (non-hydrogen) atoms. The average Bonchev–Trinajstić information content (AvgIpc) is 2.35. The molecule has 0 heterocycles. The zero-order chi connectivity index (χ0) is 12.0. The smallest absolute Gasteiger partial charge is 0.163 e. The van der Waals surface area contributed by atoms with E-state index >= 15 is 0 Å². The molecule has 1 aromatic carbocycles. The molecule has 0 unspecified atom stereocenters. The Kier molecular flexibility index (Phi) is 4.77.